The summed E-state index contributed by atoms with van der Waals surface area (Å²) in [7, 11) is 0. The summed E-state index contributed by atoms with van der Waals surface area (Å²) >= 11 is 0. The molecule has 0 aromatic heterocycles. The maximum Gasteiger partial charge on any atom is 0.222 e. The average molecular weight is 202 g/mol. The summed E-state index contributed by atoms with van der Waals surface area (Å²) in [5.41, 5.74) is 5.54. The first kappa shape index (κ1) is 13.4. The number of hydrogen-bond acceptors (Lipinski definition) is 3. The Labute approximate surface area is 86.2 Å². The lowest BCUT2D eigenvalue weighted by molar-refractivity contribution is -0.122. The van der Waals surface area contributed by atoms with E-state index < -0.39 is 0 Å². The fourth-order valence-electron chi connectivity index (χ4n) is 0.915. The molecule has 0 aliphatic heterocycles. The second kappa shape index (κ2) is 7.76. The van der Waals surface area contributed by atoms with E-state index in [-0.39, 0.29) is 18.1 Å². The Balaban J connectivity index is 3.28. The van der Waals surface area contributed by atoms with E-state index in [2.05, 4.69) is 5.32 Å². The van der Waals surface area contributed by atoms with Crippen LogP contribution in [0.25, 0.3) is 0 Å². The third-order valence-corrected chi connectivity index (χ3v) is 1.70. The van der Waals surface area contributed by atoms with Crippen molar-refractivity contribution in [3.05, 3.63) is 0 Å². The van der Waals surface area contributed by atoms with Gasteiger partial charge in [0, 0.05) is 19.0 Å². The molecule has 4 heteroatoms. The molecule has 0 bridgehead atoms. The van der Waals surface area contributed by atoms with Gasteiger partial charge in [0.15, 0.2) is 0 Å². The van der Waals surface area contributed by atoms with E-state index in [4.69, 9.17) is 10.5 Å². The molecule has 14 heavy (non-hydrogen) atoms. The molecule has 4 nitrogen and oxygen atoms in total. The first-order chi connectivity index (χ1) is 6.52. The highest BCUT2D eigenvalue weighted by Gasteiger charge is 2.02. The van der Waals surface area contributed by atoms with Crippen LogP contribution in [0.3, 0.4) is 0 Å². The van der Waals surface area contributed by atoms with Crippen molar-refractivity contribution >= 4 is 5.91 Å². The van der Waals surface area contributed by atoms with E-state index in [9.17, 15) is 4.79 Å². The number of ether oxygens (including phenoxy) is 1. The molecule has 0 aliphatic rings. The van der Waals surface area contributed by atoms with E-state index in [1.54, 1.807) is 0 Å². The van der Waals surface area contributed by atoms with Crippen LogP contribution >= 0.6 is 0 Å². The second-order valence-electron chi connectivity index (χ2n) is 3.79. The van der Waals surface area contributed by atoms with Gasteiger partial charge in [-0.25, -0.2) is 0 Å². The van der Waals surface area contributed by atoms with E-state index in [1.807, 2.05) is 20.8 Å². The summed E-state index contributed by atoms with van der Waals surface area (Å²) in [4.78, 5) is 11.2. The van der Waals surface area contributed by atoms with Gasteiger partial charge in [0.25, 0.3) is 0 Å². The zero-order valence-electron chi connectivity index (χ0n) is 9.38. The number of carbonyl (C=O) groups excluding carboxylic acids is 1. The Morgan fingerprint density at radius 3 is 2.57 bits per heavy atom. The van der Waals surface area contributed by atoms with E-state index >= 15 is 0 Å². The molecule has 1 unspecified atom stereocenters. The third kappa shape index (κ3) is 9.48. The van der Waals surface area contributed by atoms with Gasteiger partial charge >= 0.3 is 0 Å². The van der Waals surface area contributed by atoms with Gasteiger partial charge < -0.3 is 15.8 Å². The molecular weight excluding hydrogens is 180 g/mol. The number of amides is 1. The molecule has 1 amide bonds. The van der Waals surface area contributed by atoms with Crippen molar-refractivity contribution in [2.24, 2.45) is 5.73 Å². The van der Waals surface area contributed by atoms with Crippen LogP contribution in [-0.4, -0.2) is 31.2 Å². The molecule has 0 radical (unpaired) electrons. The predicted molar refractivity (Wildman–Crippen MR) is 57.0 cm³/mol. The molecular formula is C10H22N2O2. The standard InChI is InChI=1S/C10H22N2O2/c1-8(2)14-7-5-10(13)12-6-4-9(3)11/h8-9H,4-7,11H2,1-3H3,(H,12,13). The van der Waals surface area contributed by atoms with Crippen molar-refractivity contribution in [2.75, 3.05) is 13.2 Å². The van der Waals surface area contributed by atoms with Crippen LogP contribution in [0.5, 0.6) is 0 Å². The van der Waals surface area contributed by atoms with Crippen LogP contribution in [0.2, 0.25) is 0 Å². The quantitative estimate of drug-likeness (QED) is 0.637. The molecule has 0 rings (SSSR count). The molecule has 0 heterocycles. The maximum absolute atomic E-state index is 11.2. The van der Waals surface area contributed by atoms with Crippen molar-refractivity contribution in [1.29, 1.82) is 0 Å². The first-order valence-corrected chi connectivity index (χ1v) is 5.16. The van der Waals surface area contributed by atoms with Gasteiger partial charge in [0.05, 0.1) is 12.7 Å². The molecule has 0 spiro atoms. The fraction of sp³-hybridized carbons (Fsp3) is 0.900. The van der Waals surface area contributed by atoms with Crippen LogP contribution in [0.15, 0.2) is 0 Å². The molecule has 0 saturated heterocycles. The van der Waals surface area contributed by atoms with Crippen molar-refractivity contribution in [3.8, 4) is 0 Å². The molecule has 0 aromatic carbocycles. The number of hydrogen-bond donors (Lipinski definition) is 2. The van der Waals surface area contributed by atoms with Gasteiger partial charge in [-0.15, -0.1) is 0 Å². The zero-order valence-corrected chi connectivity index (χ0v) is 9.38. The predicted octanol–water partition coefficient (Wildman–Crippen LogP) is 0.655. The summed E-state index contributed by atoms with van der Waals surface area (Å²) in [6.45, 7) is 6.97. The molecule has 0 aliphatic carbocycles. The highest BCUT2D eigenvalue weighted by atomic mass is 16.5. The van der Waals surface area contributed by atoms with Crippen molar-refractivity contribution < 1.29 is 9.53 Å². The molecule has 3 N–H and O–H groups in total. The highest BCUT2D eigenvalue weighted by molar-refractivity contribution is 5.75. The minimum atomic E-state index is 0.0336. The fourth-order valence-corrected chi connectivity index (χ4v) is 0.915. The van der Waals surface area contributed by atoms with Crippen LogP contribution in [-0.2, 0) is 9.53 Å². The van der Waals surface area contributed by atoms with Gasteiger partial charge in [-0.05, 0) is 27.2 Å². The maximum atomic E-state index is 11.2. The topological polar surface area (TPSA) is 64.3 Å². The van der Waals surface area contributed by atoms with Gasteiger partial charge in [-0.3, -0.25) is 4.79 Å². The number of rotatable bonds is 7. The Hall–Kier alpha value is -0.610. The Bertz CT molecular complexity index is 142. The van der Waals surface area contributed by atoms with Crippen molar-refractivity contribution in [2.45, 2.75) is 45.8 Å². The second-order valence-corrected chi connectivity index (χ2v) is 3.79. The summed E-state index contributed by atoms with van der Waals surface area (Å²) in [6, 6.07) is 0.141. The Morgan fingerprint density at radius 2 is 2.07 bits per heavy atom. The van der Waals surface area contributed by atoms with Crippen LogP contribution in [0.1, 0.15) is 33.6 Å². The molecule has 84 valence electrons. The normalized spacial score (nSPS) is 12.9. The van der Waals surface area contributed by atoms with Crippen LogP contribution in [0.4, 0.5) is 0 Å². The van der Waals surface area contributed by atoms with E-state index in [0.717, 1.165) is 6.42 Å². The number of nitrogens with two attached hydrogens (primary N) is 1. The van der Waals surface area contributed by atoms with Crippen LogP contribution < -0.4 is 11.1 Å². The van der Waals surface area contributed by atoms with Crippen molar-refractivity contribution in [3.63, 3.8) is 0 Å². The third-order valence-electron chi connectivity index (χ3n) is 1.70. The van der Waals surface area contributed by atoms with E-state index in [1.165, 1.54) is 0 Å². The van der Waals surface area contributed by atoms with Gasteiger partial charge in [-0.1, -0.05) is 0 Å². The van der Waals surface area contributed by atoms with Gasteiger partial charge in [-0.2, -0.15) is 0 Å². The smallest absolute Gasteiger partial charge is 0.222 e. The summed E-state index contributed by atoms with van der Waals surface area (Å²) in [5, 5.41) is 2.79. The SMILES string of the molecule is CC(N)CCNC(=O)CCOC(C)C. The summed E-state index contributed by atoms with van der Waals surface area (Å²) < 4.78 is 5.25. The first-order valence-electron chi connectivity index (χ1n) is 5.16. The van der Waals surface area contributed by atoms with E-state index in [0.29, 0.717) is 19.6 Å². The molecule has 1 atom stereocenters. The molecule has 0 fully saturated rings. The van der Waals surface area contributed by atoms with Gasteiger partial charge in [0.1, 0.15) is 0 Å². The summed E-state index contributed by atoms with van der Waals surface area (Å²) in [5.74, 6) is 0.0336. The zero-order chi connectivity index (χ0) is 11.0. The average Bonchev–Trinajstić information content (AvgIpc) is 2.02. The molecule has 0 saturated carbocycles. The van der Waals surface area contributed by atoms with Crippen molar-refractivity contribution in [1.82, 2.24) is 5.32 Å². The lowest BCUT2D eigenvalue weighted by Gasteiger charge is -2.09. The number of nitrogens with one attached hydrogen (secondary N) is 1. The Morgan fingerprint density at radius 1 is 1.43 bits per heavy atom. The minimum Gasteiger partial charge on any atom is -0.378 e. The van der Waals surface area contributed by atoms with Crippen LogP contribution in [0, 0.1) is 0 Å². The summed E-state index contributed by atoms with van der Waals surface area (Å²) in [6.07, 6.45) is 1.43. The Kier molecular flexibility index (Phi) is 7.42. The molecule has 0 aromatic rings. The minimum absolute atomic E-state index is 0.0336. The lowest BCUT2D eigenvalue weighted by atomic mass is 10.2. The van der Waals surface area contributed by atoms with Gasteiger partial charge in [0.2, 0.25) is 5.91 Å². The number of carbonyl (C=O) groups is 1. The lowest BCUT2D eigenvalue weighted by Crippen LogP contribution is -2.29. The highest BCUT2D eigenvalue weighted by Crippen LogP contribution is 1.90. The largest absolute Gasteiger partial charge is 0.378 e. The monoisotopic (exact) mass is 202 g/mol.